The highest BCUT2D eigenvalue weighted by Gasteiger charge is 2.37. The molecule has 14 heteroatoms. The molecule has 198 valence electrons. The molecule has 4 aromatic rings. The summed E-state index contributed by atoms with van der Waals surface area (Å²) in [6.45, 7) is 4.43. The van der Waals surface area contributed by atoms with Gasteiger partial charge in [0, 0.05) is 44.5 Å². The van der Waals surface area contributed by atoms with Gasteiger partial charge in [-0.2, -0.15) is 5.10 Å². The third kappa shape index (κ3) is 4.87. The number of amides is 1. The summed E-state index contributed by atoms with van der Waals surface area (Å²) >= 11 is 6.64. The number of hydrogen-bond acceptors (Lipinski definition) is 10. The summed E-state index contributed by atoms with van der Waals surface area (Å²) < 4.78 is 20.7. The summed E-state index contributed by atoms with van der Waals surface area (Å²) in [4.78, 5) is 19.7. The van der Waals surface area contributed by atoms with Crippen molar-refractivity contribution in [1.82, 2.24) is 45.1 Å². The van der Waals surface area contributed by atoms with Gasteiger partial charge in [-0.05, 0) is 19.1 Å². The minimum atomic E-state index is -0.326. The Balaban J connectivity index is 1.27. The van der Waals surface area contributed by atoms with Crippen molar-refractivity contribution >= 4 is 17.5 Å². The van der Waals surface area contributed by atoms with E-state index in [0.29, 0.717) is 66.5 Å². The van der Waals surface area contributed by atoms with E-state index in [2.05, 4.69) is 35.8 Å². The van der Waals surface area contributed by atoms with E-state index in [-0.39, 0.29) is 30.4 Å². The standard InChI is InChI=1S/C24H26ClN9O4/c1-14-8-17(30-38-14)21-16(23(25)32(2)29-21)10-33-11-18-20(12-33)37-13-15-9-34(31-28-15)6-7-36-19-4-3-5-26-22(19)24(35)27-18/h3-5,8-9,18,20H,6-7,10-13H2,1-2H3,(H,27,35)/t18-,20-/m0/s1. The molecule has 1 fully saturated rings. The van der Waals surface area contributed by atoms with Crippen molar-refractivity contribution in [3.8, 4) is 17.1 Å². The molecule has 2 atom stereocenters. The van der Waals surface area contributed by atoms with E-state index < -0.39 is 0 Å². The van der Waals surface area contributed by atoms with E-state index in [0.717, 1.165) is 5.56 Å². The number of pyridine rings is 1. The van der Waals surface area contributed by atoms with E-state index >= 15 is 0 Å². The highest BCUT2D eigenvalue weighted by molar-refractivity contribution is 6.30. The van der Waals surface area contributed by atoms with Gasteiger partial charge in [-0.3, -0.25) is 14.4 Å². The molecular weight excluding hydrogens is 514 g/mol. The van der Waals surface area contributed by atoms with Crippen LogP contribution in [0, 0.1) is 6.92 Å². The van der Waals surface area contributed by atoms with Gasteiger partial charge in [0.15, 0.2) is 11.4 Å². The van der Waals surface area contributed by atoms with Crippen LogP contribution in [0.1, 0.15) is 27.5 Å². The minimum absolute atomic E-state index is 0.222. The third-order valence-electron chi connectivity index (χ3n) is 6.57. The third-order valence-corrected chi connectivity index (χ3v) is 7.05. The Kier molecular flexibility index (Phi) is 6.55. The molecule has 0 aliphatic carbocycles. The fraction of sp³-hybridized carbons (Fsp3) is 0.417. The number of ether oxygens (including phenoxy) is 2. The van der Waals surface area contributed by atoms with Crippen LogP contribution >= 0.6 is 11.6 Å². The van der Waals surface area contributed by atoms with E-state index in [1.807, 2.05) is 19.2 Å². The molecule has 13 nitrogen and oxygen atoms in total. The largest absolute Gasteiger partial charge is 0.489 e. The Morgan fingerprint density at radius 3 is 3.00 bits per heavy atom. The lowest BCUT2D eigenvalue weighted by molar-refractivity contribution is 0.0292. The van der Waals surface area contributed by atoms with Crippen molar-refractivity contribution < 1.29 is 18.8 Å². The number of fused-ring (bicyclic) bond motifs is 4. The van der Waals surface area contributed by atoms with Crippen LogP contribution in [0.5, 0.6) is 5.75 Å². The molecule has 38 heavy (non-hydrogen) atoms. The second-order valence-electron chi connectivity index (χ2n) is 9.36. The average molecular weight is 540 g/mol. The normalized spacial score (nSPS) is 20.3. The monoisotopic (exact) mass is 539 g/mol. The van der Waals surface area contributed by atoms with Crippen LogP contribution in [-0.4, -0.2) is 77.6 Å². The molecule has 0 radical (unpaired) electrons. The fourth-order valence-corrected chi connectivity index (χ4v) is 4.94. The zero-order valence-electron chi connectivity index (χ0n) is 20.9. The van der Waals surface area contributed by atoms with E-state index in [9.17, 15) is 4.79 Å². The average Bonchev–Trinajstić information content (AvgIpc) is 3.68. The molecule has 4 aromatic heterocycles. The molecule has 0 saturated carbocycles. The topological polar surface area (TPSA) is 138 Å². The second kappa shape index (κ2) is 10.2. The summed E-state index contributed by atoms with van der Waals surface area (Å²) in [5, 5.41) is 20.6. The number of aromatic nitrogens is 7. The maximum Gasteiger partial charge on any atom is 0.274 e. The summed E-state index contributed by atoms with van der Waals surface area (Å²) in [6.07, 6.45) is 3.09. The zero-order chi connectivity index (χ0) is 26.2. The van der Waals surface area contributed by atoms with Gasteiger partial charge in [0.25, 0.3) is 5.91 Å². The molecule has 1 N–H and O–H groups in total. The van der Waals surface area contributed by atoms with Crippen LogP contribution in [0.2, 0.25) is 5.15 Å². The smallest absolute Gasteiger partial charge is 0.274 e. The SMILES string of the molecule is Cc1cc(-c2nn(C)c(Cl)c2CN2C[C@@H]3NC(=O)c4ncccc4OCCn4cc(nn4)CO[C@H]3C2)no1. The molecule has 6 rings (SSSR count). The van der Waals surface area contributed by atoms with E-state index in [1.165, 1.54) is 0 Å². The van der Waals surface area contributed by atoms with Crippen LogP contribution in [0.4, 0.5) is 0 Å². The summed E-state index contributed by atoms with van der Waals surface area (Å²) in [5.41, 5.74) is 3.02. The Bertz CT molecular complexity index is 1460. The Morgan fingerprint density at radius 2 is 2.16 bits per heavy atom. The molecule has 1 amide bonds. The molecule has 2 aliphatic rings. The van der Waals surface area contributed by atoms with E-state index in [4.69, 9.17) is 25.6 Å². The van der Waals surface area contributed by atoms with Crippen LogP contribution in [-0.2, 0) is 31.5 Å². The van der Waals surface area contributed by atoms with Gasteiger partial charge in [0.2, 0.25) is 0 Å². The molecule has 0 spiro atoms. The molecule has 0 aromatic carbocycles. The number of rotatable bonds is 3. The summed E-state index contributed by atoms with van der Waals surface area (Å²) in [5.74, 6) is 0.765. The number of aryl methyl sites for hydroxylation is 2. The number of hydrogen-bond donors (Lipinski definition) is 1. The highest BCUT2D eigenvalue weighted by atomic mass is 35.5. The first-order valence-corrected chi connectivity index (χ1v) is 12.6. The van der Waals surface area contributed by atoms with Crippen molar-refractivity contribution in [2.24, 2.45) is 7.05 Å². The lowest BCUT2D eigenvalue weighted by Gasteiger charge is -2.20. The van der Waals surface area contributed by atoms with Crippen LogP contribution < -0.4 is 10.1 Å². The van der Waals surface area contributed by atoms with E-state index in [1.54, 1.807) is 34.7 Å². The Labute approximate surface area is 222 Å². The first-order valence-electron chi connectivity index (χ1n) is 12.2. The number of carbonyl (C=O) groups is 1. The quantitative estimate of drug-likeness (QED) is 0.408. The first-order chi connectivity index (χ1) is 18.4. The summed E-state index contributed by atoms with van der Waals surface area (Å²) in [6, 6.07) is 4.97. The molecule has 1 saturated heterocycles. The van der Waals surface area contributed by atoms with Crippen LogP contribution in [0.25, 0.3) is 11.4 Å². The molecule has 2 bridgehead atoms. The van der Waals surface area contributed by atoms with Crippen molar-refractivity contribution in [3.05, 3.63) is 58.5 Å². The maximum atomic E-state index is 13.3. The Morgan fingerprint density at radius 1 is 1.26 bits per heavy atom. The molecule has 0 unspecified atom stereocenters. The number of likely N-dealkylation sites (tertiary alicyclic amines) is 1. The minimum Gasteiger partial charge on any atom is -0.489 e. The zero-order valence-corrected chi connectivity index (χ0v) is 21.6. The molecule has 2 aliphatic heterocycles. The lowest BCUT2D eigenvalue weighted by atomic mass is 10.2. The van der Waals surface area contributed by atoms with Gasteiger partial charge < -0.3 is 19.3 Å². The predicted molar refractivity (Wildman–Crippen MR) is 133 cm³/mol. The lowest BCUT2D eigenvalue weighted by Crippen LogP contribution is -2.44. The van der Waals surface area contributed by atoms with Gasteiger partial charge in [0.05, 0.1) is 31.5 Å². The number of nitrogens with one attached hydrogen (secondary N) is 1. The maximum absolute atomic E-state index is 13.3. The van der Waals surface area contributed by atoms with Crippen molar-refractivity contribution in [2.45, 2.75) is 38.8 Å². The van der Waals surface area contributed by atoms with Gasteiger partial charge in [-0.25, -0.2) is 9.67 Å². The van der Waals surface area contributed by atoms with Gasteiger partial charge >= 0.3 is 0 Å². The van der Waals surface area contributed by atoms with Crippen molar-refractivity contribution in [3.63, 3.8) is 0 Å². The number of halogens is 1. The predicted octanol–water partition coefficient (Wildman–Crippen LogP) is 1.62. The van der Waals surface area contributed by atoms with Crippen LogP contribution in [0.15, 0.2) is 35.1 Å². The highest BCUT2D eigenvalue weighted by Crippen LogP contribution is 2.31. The first kappa shape index (κ1) is 24.5. The van der Waals surface area contributed by atoms with Crippen molar-refractivity contribution in [1.29, 1.82) is 0 Å². The van der Waals surface area contributed by atoms with Crippen LogP contribution in [0.3, 0.4) is 0 Å². The van der Waals surface area contributed by atoms with Gasteiger partial charge in [-0.15, -0.1) is 5.10 Å². The Hall–Kier alpha value is -3.81. The van der Waals surface area contributed by atoms with Gasteiger partial charge in [0.1, 0.15) is 34.6 Å². The number of carbonyl (C=O) groups excluding carboxylic acids is 1. The molecule has 6 heterocycles. The van der Waals surface area contributed by atoms with Gasteiger partial charge in [-0.1, -0.05) is 22.0 Å². The molecular formula is C24H26ClN9O4. The number of nitrogens with zero attached hydrogens (tertiary/aromatic N) is 8. The summed E-state index contributed by atoms with van der Waals surface area (Å²) in [7, 11) is 1.79. The van der Waals surface area contributed by atoms with Crippen molar-refractivity contribution in [2.75, 3.05) is 19.7 Å². The second-order valence-corrected chi connectivity index (χ2v) is 9.72. The fourth-order valence-electron chi connectivity index (χ4n) is 4.75.